The van der Waals surface area contributed by atoms with Crippen molar-refractivity contribution < 1.29 is 0 Å². The van der Waals surface area contributed by atoms with Gasteiger partial charge in [0.05, 0.1) is 27.3 Å². The number of benzene rings is 3. The van der Waals surface area contributed by atoms with Gasteiger partial charge in [0.1, 0.15) is 0 Å². The molecule has 0 amide bonds. The minimum absolute atomic E-state index is 0.000358. The van der Waals surface area contributed by atoms with Crippen molar-refractivity contribution >= 4 is 43.6 Å². The highest BCUT2D eigenvalue weighted by Gasteiger charge is 2.20. The van der Waals surface area contributed by atoms with Gasteiger partial charge in [0.2, 0.25) is 0 Å². The van der Waals surface area contributed by atoms with E-state index in [4.69, 9.17) is 0 Å². The maximum absolute atomic E-state index is 13.6. The van der Waals surface area contributed by atoms with E-state index in [1.807, 2.05) is 54.6 Å². The van der Waals surface area contributed by atoms with Crippen LogP contribution >= 0.6 is 0 Å². The number of nitrogens with zero attached hydrogens (tertiary/aromatic N) is 2. The molecule has 2 aromatic heterocycles. The molecule has 1 N–H and O–H groups in total. The fraction of sp³-hybridized carbons (Fsp3) is 0.231. The van der Waals surface area contributed by atoms with E-state index < -0.39 is 0 Å². The maximum atomic E-state index is 13.6. The van der Waals surface area contributed by atoms with E-state index in [0.717, 1.165) is 35.2 Å². The molecule has 5 aromatic rings. The van der Waals surface area contributed by atoms with Crippen LogP contribution in [0.25, 0.3) is 43.6 Å². The predicted octanol–water partition coefficient (Wildman–Crippen LogP) is 4.69. The number of aromatic nitrogens is 2. The van der Waals surface area contributed by atoms with E-state index in [1.165, 1.54) is 0 Å². The molecule has 0 bridgehead atoms. The molecule has 5 heteroatoms. The molecule has 0 atom stereocenters. The Kier molecular flexibility index (Phi) is 4.54. The summed E-state index contributed by atoms with van der Waals surface area (Å²) >= 11 is 0. The minimum Gasteiger partial charge on any atom is -0.354 e. The standard InChI is InChI=1S/C26H25N3O2/c1-4-16-23-21(27-20-13-9-7-11-17(20)26(23)31)15-19-24(16)29(28(5-2)6-3)22-14-10-8-12-18(22)25(19)30/h7-15H,4-6H2,1-3H3,(H,27,31). The molecule has 0 radical (unpaired) electrons. The van der Waals surface area contributed by atoms with Crippen molar-refractivity contribution in [2.45, 2.75) is 27.2 Å². The van der Waals surface area contributed by atoms with Crippen LogP contribution in [0.4, 0.5) is 0 Å². The van der Waals surface area contributed by atoms with Crippen molar-refractivity contribution in [1.82, 2.24) is 9.66 Å². The quantitative estimate of drug-likeness (QED) is 0.437. The van der Waals surface area contributed by atoms with E-state index in [2.05, 4.69) is 35.4 Å². The molecule has 5 rings (SSSR count). The number of hydrogen-bond donors (Lipinski definition) is 1. The molecule has 2 heterocycles. The third-order valence-corrected chi connectivity index (χ3v) is 6.27. The summed E-state index contributed by atoms with van der Waals surface area (Å²) in [7, 11) is 0. The number of H-pyrrole nitrogens is 1. The van der Waals surface area contributed by atoms with Gasteiger partial charge in [-0.05, 0) is 56.2 Å². The van der Waals surface area contributed by atoms with E-state index >= 15 is 0 Å². The lowest BCUT2D eigenvalue weighted by Crippen LogP contribution is -2.36. The van der Waals surface area contributed by atoms with E-state index in [1.54, 1.807) is 0 Å². The SMILES string of the molecule is CCc1c2c(=O)c3ccccc3[nH]c2cc2c(=O)c3ccccc3n(N(CC)CC)c12. The van der Waals surface area contributed by atoms with Crippen molar-refractivity contribution in [3.63, 3.8) is 0 Å². The second kappa shape index (κ2) is 7.27. The number of pyridine rings is 2. The lowest BCUT2D eigenvalue weighted by molar-refractivity contribution is 0.652. The molecule has 156 valence electrons. The average molecular weight is 412 g/mol. The Morgan fingerprint density at radius 1 is 0.806 bits per heavy atom. The van der Waals surface area contributed by atoms with Gasteiger partial charge in [-0.15, -0.1) is 0 Å². The van der Waals surface area contributed by atoms with Gasteiger partial charge in [0.15, 0.2) is 10.9 Å². The molecule has 31 heavy (non-hydrogen) atoms. The monoisotopic (exact) mass is 411 g/mol. The Bertz CT molecular complexity index is 1590. The molecule has 0 unspecified atom stereocenters. The van der Waals surface area contributed by atoms with Crippen molar-refractivity contribution in [2.75, 3.05) is 18.1 Å². The third-order valence-electron chi connectivity index (χ3n) is 6.27. The Labute approximate surface area is 179 Å². The van der Waals surface area contributed by atoms with Crippen LogP contribution in [-0.4, -0.2) is 22.7 Å². The van der Waals surface area contributed by atoms with Crippen LogP contribution < -0.4 is 15.9 Å². The van der Waals surface area contributed by atoms with E-state index in [-0.39, 0.29) is 10.9 Å². The summed E-state index contributed by atoms with van der Waals surface area (Å²) in [4.78, 5) is 30.5. The van der Waals surface area contributed by atoms with Gasteiger partial charge >= 0.3 is 0 Å². The topological polar surface area (TPSA) is 58.1 Å². The van der Waals surface area contributed by atoms with Gasteiger partial charge in [-0.3, -0.25) is 14.3 Å². The molecular weight excluding hydrogens is 386 g/mol. The zero-order chi connectivity index (χ0) is 21.7. The van der Waals surface area contributed by atoms with Crippen molar-refractivity contribution in [3.8, 4) is 0 Å². The van der Waals surface area contributed by atoms with Gasteiger partial charge in [0.25, 0.3) is 0 Å². The molecule has 0 aliphatic rings. The first-order valence-electron chi connectivity index (χ1n) is 10.9. The Hall–Kier alpha value is -3.60. The molecule has 0 fully saturated rings. The minimum atomic E-state index is -0.000358. The van der Waals surface area contributed by atoms with Crippen LogP contribution in [-0.2, 0) is 6.42 Å². The number of aryl methyl sites for hydroxylation is 1. The number of fused-ring (bicyclic) bond motifs is 4. The van der Waals surface area contributed by atoms with Crippen LogP contribution in [0.1, 0.15) is 26.3 Å². The molecule has 0 saturated carbocycles. The zero-order valence-corrected chi connectivity index (χ0v) is 18.0. The average Bonchev–Trinajstić information content (AvgIpc) is 2.81. The Balaban J connectivity index is 2.14. The second-order valence-electron chi connectivity index (χ2n) is 7.82. The van der Waals surface area contributed by atoms with Gasteiger partial charge in [-0.2, -0.15) is 0 Å². The molecule has 0 aliphatic carbocycles. The number of hydrogen-bond acceptors (Lipinski definition) is 3. The van der Waals surface area contributed by atoms with E-state index in [9.17, 15) is 9.59 Å². The third kappa shape index (κ3) is 2.69. The summed E-state index contributed by atoms with van der Waals surface area (Å²) in [5.74, 6) is 0. The summed E-state index contributed by atoms with van der Waals surface area (Å²) in [5, 5.41) is 4.88. The first kappa shape index (κ1) is 19.4. The summed E-state index contributed by atoms with van der Waals surface area (Å²) in [6.07, 6.45) is 0.647. The van der Waals surface area contributed by atoms with Crippen molar-refractivity contribution in [1.29, 1.82) is 0 Å². The summed E-state index contributed by atoms with van der Waals surface area (Å²) in [6.45, 7) is 7.83. The van der Waals surface area contributed by atoms with Crippen LogP contribution in [0.3, 0.4) is 0 Å². The van der Waals surface area contributed by atoms with Crippen molar-refractivity contribution in [3.05, 3.63) is 80.6 Å². The van der Waals surface area contributed by atoms with Gasteiger partial charge in [-0.1, -0.05) is 31.2 Å². The predicted molar refractivity (Wildman–Crippen MR) is 130 cm³/mol. The number of rotatable bonds is 4. The highest BCUT2D eigenvalue weighted by Crippen LogP contribution is 2.29. The maximum Gasteiger partial charge on any atom is 0.197 e. The largest absolute Gasteiger partial charge is 0.354 e. The lowest BCUT2D eigenvalue weighted by atomic mass is 9.97. The molecular formula is C26H25N3O2. The zero-order valence-electron chi connectivity index (χ0n) is 18.0. The molecule has 0 aliphatic heterocycles. The fourth-order valence-corrected chi connectivity index (χ4v) is 4.83. The van der Waals surface area contributed by atoms with Crippen LogP contribution in [0, 0.1) is 0 Å². The molecule has 3 aromatic carbocycles. The second-order valence-corrected chi connectivity index (χ2v) is 7.82. The van der Waals surface area contributed by atoms with Gasteiger partial charge < -0.3 is 9.99 Å². The summed E-state index contributed by atoms with van der Waals surface area (Å²) in [6, 6.07) is 17.2. The number of para-hydroxylation sites is 2. The highest BCUT2D eigenvalue weighted by molar-refractivity contribution is 6.06. The summed E-state index contributed by atoms with van der Waals surface area (Å²) < 4.78 is 2.15. The fourth-order valence-electron chi connectivity index (χ4n) is 4.83. The first-order valence-corrected chi connectivity index (χ1v) is 10.9. The normalized spacial score (nSPS) is 11.7. The lowest BCUT2D eigenvalue weighted by Gasteiger charge is -2.29. The molecule has 0 spiro atoms. The number of aromatic amines is 1. The van der Waals surface area contributed by atoms with Gasteiger partial charge in [-0.25, -0.2) is 0 Å². The Morgan fingerprint density at radius 2 is 1.48 bits per heavy atom. The molecule has 5 nitrogen and oxygen atoms in total. The Morgan fingerprint density at radius 3 is 2.19 bits per heavy atom. The van der Waals surface area contributed by atoms with Gasteiger partial charge in [0, 0.05) is 29.4 Å². The summed E-state index contributed by atoms with van der Waals surface area (Å²) in [5.41, 5.74) is 4.12. The van der Waals surface area contributed by atoms with E-state index in [0.29, 0.717) is 33.5 Å². The van der Waals surface area contributed by atoms with Crippen LogP contribution in [0.2, 0.25) is 0 Å². The van der Waals surface area contributed by atoms with Crippen molar-refractivity contribution in [2.24, 2.45) is 0 Å². The van der Waals surface area contributed by atoms with Crippen LogP contribution in [0.5, 0.6) is 0 Å². The van der Waals surface area contributed by atoms with Crippen LogP contribution in [0.15, 0.2) is 64.2 Å². The molecule has 0 saturated heterocycles. The first-order chi connectivity index (χ1) is 15.1. The smallest absolute Gasteiger partial charge is 0.197 e. The number of nitrogens with one attached hydrogen (secondary N) is 1. The highest BCUT2D eigenvalue weighted by atomic mass is 16.1.